The minimum absolute atomic E-state index is 0.136. The number of thioether (sulfide) groups is 1. The summed E-state index contributed by atoms with van der Waals surface area (Å²) in [5.41, 5.74) is 5.60. The summed E-state index contributed by atoms with van der Waals surface area (Å²) >= 11 is 1.34. The van der Waals surface area contributed by atoms with Crippen molar-refractivity contribution in [3.05, 3.63) is 95.5 Å². The van der Waals surface area contributed by atoms with Gasteiger partial charge in [0.15, 0.2) is 10.9 Å². The molecule has 0 saturated heterocycles. The number of nitrogens with zero attached hydrogens (tertiary/aromatic N) is 5. The monoisotopic (exact) mass is 498 g/mol. The average Bonchev–Trinajstić information content (AvgIpc) is 3.61. The van der Waals surface area contributed by atoms with E-state index in [9.17, 15) is 4.79 Å². The first-order valence-electron chi connectivity index (χ1n) is 11.6. The highest BCUT2D eigenvalue weighted by Crippen LogP contribution is 2.27. The first kappa shape index (κ1) is 23.6. The van der Waals surface area contributed by atoms with E-state index in [1.54, 1.807) is 6.26 Å². The van der Waals surface area contributed by atoms with Gasteiger partial charge in [-0.2, -0.15) is 5.10 Å². The molecule has 1 N–H and O–H groups in total. The number of anilines is 1. The molecule has 0 spiro atoms. The SMILES string of the molecule is Cc1ccc(-n2nc(C)c(NC(=O)CSc3nnc(-c4ccco4)n3Cc3ccccc3)c2C)cc1. The fraction of sp³-hybridized carbons (Fsp3) is 0.185. The van der Waals surface area contributed by atoms with Crippen LogP contribution in [0.4, 0.5) is 5.69 Å². The number of hydrogen-bond donors (Lipinski definition) is 1. The average molecular weight is 499 g/mol. The van der Waals surface area contributed by atoms with E-state index in [1.807, 2.05) is 96.8 Å². The normalized spacial score (nSPS) is 11.1. The topological polar surface area (TPSA) is 90.8 Å². The number of carbonyl (C=O) groups is 1. The maximum absolute atomic E-state index is 12.9. The minimum Gasteiger partial charge on any atom is -0.461 e. The largest absolute Gasteiger partial charge is 0.461 e. The Morgan fingerprint density at radius 3 is 2.47 bits per heavy atom. The van der Waals surface area contributed by atoms with Crippen LogP contribution < -0.4 is 5.32 Å². The Hall–Kier alpha value is -4.11. The molecular formula is C27H26N6O2S. The highest BCUT2D eigenvalue weighted by atomic mass is 32.2. The Balaban J connectivity index is 1.32. The maximum atomic E-state index is 12.9. The number of aryl methyl sites for hydroxylation is 2. The molecule has 0 bridgehead atoms. The van der Waals surface area contributed by atoms with Gasteiger partial charge in [0.1, 0.15) is 0 Å². The smallest absolute Gasteiger partial charge is 0.234 e. The summed E-state index contributed by atoms with van der Waals surface area (Å²) in [7, 11) is 0. The second-order valence-electron chi connectivity index (χ2n) is 8.49. The van der Waals surface area contributed by atoms with Gasteiger partial charge in [-0.3, -0.25) is 9.36 Å². The number of nitrogens with one attached hydrogen (secondary N) is 1. The molecule has 5 aromatic rings. The zero-order chi connectivity index (χ0) is 25.1. The third-order valence-electron chi connectivity index (χ3n) is 5.81. The Bertz CT molecular complexity index is 1470. The molecule has 182 valence electrons. The first-order valence-corrected chi connectivity index (χ1v) is 12.5. The highest BCUT2D eigenvalue weighted by molar-refractivity contribution is 7.99. The zero-order valence-corrected chi connectivity index (χ0v) is 21.1. The molecule has 1 amide bonds. The van der Waals surface area contributed by atoms with Gasteiger partial charge in [-0.1, -0.05) is 59.8 Å². The van der Waals surface area contributed by atoms with Crippen LogP contribution in [0.15, 0.2) is 82.6 Å². The van der Waals surface area contributed by atoms with Gasteiger partial charge in [-0.05, 0) is 50.6 Å². The van der Waals surface area contributed by atoms with Crippen LogP contribution in [-0.2, 0) is 11.3 Å². The molecule has 0 unspecified atom stereocenters. The number of rotatable bonds is 8. The molecule has 0 radical (unpaired) electrons. The van der Waals surface area contributed by atoms with Crippen LogP contribution in [0.5, 0.6) is 0 Å². The molecule has 0 aliphatic carbocycles. The van der Waals surface area contributed by atoms with Gasteiger partial charge in [-0.15, -0.1) is 10.2 Å². The molecule has 9 heteroatoms. The number of furan rings is 1. The molecular weight excluding hydrogens is 472 g/mol. The van der Waals surface area contributed by atoms with Crippen LogP contribution >= 0.6 is 11.8 Å². The number of aromatic nitrogens is 5. The lowest BCUT2D eigenvalue weighted by molar-refractivity contribution is -0.113. The Kier molecular flexibility index (Phi) is 6.73. The van der Waals surface area contributed by atoms with Crippen LogP contribution in [0.2, 0.25) is 0 Å². The van der Waals surface area contributed by atoms with Crippen LogP contribution in [0, 0.1) is 20.8 Å². The molecule has 3 aromatic heterocycles. The molecule has 3 heterocycles. The van der Waals surface area contributed by atoms with E-state index in [-0.39, 0.29) is 11.7 Å². The van der Waals surface area contributed by atoms with E-state index in [2.05, 4.69) is 20.6 Å². The van der Waals surface area contributed by atoms with E-state index in [0.717, 1.165) is 28.3 Å². The third-order valence-corrected chi connectivity index (χ3v) is 6.78. The Morgan fingerprint density at radius 1 is 0.972 bits per heavy atom. The summed E-state index contributed by atoms with van der Waals surface area (Å²) in [5.74, 6) is 1.30. The van der Waals surface area contributed by atoms with Crippen molar-refractivity contribution in [3.8, 4) is 17.3 Å². The van der Waals surface area contributed by atoms with Crippen LogP contribution in [0.25, 0.3) is 17.3 Å². The van der Waals surface area contributed by atoms with Crippen LogP contribution in [-0.4, -0.2) is 36.2 Å². The van der Waals surface area contributed by atoms with Crippen molar-refractivity contribution in [1.82, 2.24) is 24.5 Å². The quantitative estimate of drug-likeness (QED) is 0.287. The summed E-state index contributed by atoms with van der Waals surface area (Å²) in [6.07, 6.45) is 1.61. The molecule has 2 aromatic carbocycles. The number of hydrogen-bond acceptors (Lipinski definition) is 6. The second-order valence-corrected chi connectivity index (χ2v) is 9.43. The fourth-order valence-corrected chi connectivity index (χ4v) is 4.70. The minimum atomic E-state index is -0.136. The fourth-order valence-electron chi connectivity index (χ4n) is 3.96. The van der Waals surface area contributed by atoms with E-state index in [1.165, 1.54) is 17.3 Å². The summed E-state index contributed by atoms with van der Waals surface area (Å²) in [4.78, 5) is 12.9. The molecule has 36 heavy (non-hydrogen) atoms. The Labute approximate surface area is 213 Å². The van der Waals surface area contributed by atoms with Gasteiger partial charge in [0.2, 0.25) is 11.7 Å². The van der Waals surface area contributed by atoms with Crippen molar-refractivity contribution in [2.24, 2.45) is 0 Å². The molecule has 0 aliphatic heterocycles. The van der Waals surface area contributed by atoms with Gasteiger partial charge < -0.3 is 9.73 Å². The van der Waals surface area contributed by atoms with Gasteiger partial charge in [-0.25, -0.2) is 4.68 Å². The maximum Gasteiger partial charge on any atom is 0.234 e. The molecule has 5 rings (SSSR count). The lowest BCUT2D eigenvalue weighted by Gasteiger charge is -2.10. The molecule has 0 aliphatic rings. The van der Waals surface area contributed by atoms with Crippen molar-refractivity contribution in [2.75, 3.05) is 11.1 Å². The van der Waals surface area contributed by atoms with Gasteiger partial charge in [0.25, 0.3) is 0 Å². The van der Waals surface area contributed by atoms with E-state index in [4.69, 9.17) is 4.42 Å². The van der Waals surface area contributed by atoms with Gasteiger partial charge in [0, 0.05) is 0 Å². The Morgan fingerprint density at radius 2 is 1.75 bits per heavy atom. The molecule has 0 atom stereocenters. The zero-order valence-electron chi connectivity index (χ0n) is 20.3. The number of carbonyl (C=O) groups excluding carboxylic acids is 1. The number of amides is 1. The van der Waals surface area contributed by atoms with Gasteiger partial charge in [0.05, 0.1) is 41.3 Å². The third kappa shape index (κ3) is 4.96. The summed E-state index contributed by atoms with van der Waals surface area (Å²) in [5, 5.41) is 17.0. The lowest BCUT2D eigenvalue weighted by Crippen LogP contribution is -2.16. The van der Waals surface area contributed by atoms with Gasteiger partial charge >= 0.3 is 0 Å². The predicted octanol–water partition coefficient (Wildman–Crippen LogP) is 5.43. The van der Waals surface area contributed by atoms with Crippen molar-refractivity contribution in [3.63, 3.8) is 0 Å². The van der Waals surface area contributed by atoms with Crippen LogP contribution in [0.1, 0.15) is 22.5 Å². The standard InChI is InChI=1S/C27H26N6O2S/c1-18-11-13-22(14-12-18)33-20(3)25(19(2)31-33)28-24(34)17-36-27-30-29-26(23-10-7-15-35-23)32(27)16-21-8-5-4-6-9-21/h4-15H,16-17H2,1-3H3,(H,28,34). The van der Waals surface area contributed by atoms with Crippen molar-refractivity contribution in [2.45, 2.75) is 32.5 Å². The molecule has 0 fully saturated rings. The number of benzene rings is 2. The summed E-state index contributed by atoms with van der Waals surface area (Å²) in [6, 6.07) is 21.9. The summed E-state index contributed by atoms with van der Waals surface area (Å²) in [6.45, 7) is 6.46. The second kappa shape index (κ2) is 10.2. The van der Waals surface area contributed by atoms with E-state index in [0.29, 0.717) is 23.3 Å². The van der Waals surface area contributed by atoms with E-state index >= 15 is 0 Å². The first-order chi connectivity index (χ1) is 17.5. The predicted molar refractivity (Wildman–Crippen MR) is 140 cm³/mol. The van der Waals surface area contributed by atoms with Crippen LogP contribution in [0.3, 0.4) is 0 Å². The summed E-state index contributed by atoms with van der Waals surface area (Å²) < 4.78 is 9.39. The molecule has 0 saturated carbocycles. The van der Waals surface area contributed by atoms with Crippen molar-refractivity contribution in [1.29, 1.82) is 0 Å². The van der Waals surface area contributed by atoms with Crippen molar-refractivity contribution < 1.29 is 9.21 Å². The molecule has 8 nitrogen and oxygen atoms in total. The lowest BCUT2D eigenvalue weighted by atomic mass is 10.2. The van der Waals surface area contributed by atoms with E-state index < -0.39 is 0 Å². The van der Waals surface area contributed by atoms with Crippen molar-refractivity contribution >= 4 is 23.4 Å². The highest BCUT2D eigenvalue weighted by Gasteiger charge is 2.19.